The molecule has 0 spiro atoms. The van der Waals surface area contributed by atoms with E-state index in [1.165, 1.54) is 13.0 Å². The van der Waals surface area contributed by atoms with Crippen molar-refractivity contribution in [3.05, 3.63) is 52.3 Å². The van der Waals surface area contributed by atoms with Crippen molar-refractivity contribution in [2.75, 3.05) is 4.72 Å². The first kappa shape index (κ1) is 22.1. The maximum atomic E-state index is 13.0. The third kappa shape index (κ3) is 4.15. The van der Waals surface area contributed by atoms with Crippen LogP contribution in [-0.4, -0.2) is 39.4 Å². The van der Waals surface area contributed by atoms with Crippen LogP contribution < -0.4 is 4.72 Å². The van der Waals surface area contributed by atoms with Crippen molar-refractivity contribution in [1.29, 1.82) is 0 Å². The molecule has 1 aromatic heterocycles. The molecular weight excluding hydrogens is 456 g/mol. The van der Waals surface area contributed by atoms with Crippen LogP contribution >= 0.6 is 11.6 Å². The standard InChI is InChI=1S/C21H21ClN4O5S/c1-12-9-17(27)15(21(28)29)11-18(12)32(30,31)25-13-6-7-16(22)14(10-13)20-24-23-19-5-3-2-4-8-26(19)20/h6-7,9-11,25,27H,2-5,8H2,1H3,(H,28,29). The van der Waals surface area contributed by atoms with Gasteiger partial charge in [0.2, 0.25) is 0 Å². The van der Waals surface area contributed by atoms with E-state index in [1.807, 2.05) is 4.57 Å². The summed E-state index contributed by atoms with van der Waals surface area (Å²) in [6.07, 6.45) is 3.95. The number of rotatable bonds is 5. The normalized spacial score (nSPS) is 13.9. The number of aromatic carboxylic acids is 1. The van der Waals surface area contributed by atoms with Crippen molar-refractivity contribution < 1.29 is 23.4 Å². The number of aryl methyl sites for hydroxylation is 2. The van der Waals surface area contributed by atoms with Gasteiger partial charge in [0.1, 0.15) is 17.1 Å². The number of fused-ring (bicyclic) bond motifs is 1. The van der Waals surface area contributed by atoms with Gasteiger partial charge in [-0.15, -0.1) is 10.2 Å². The molecule has 0 amide bonds. The van der Waals surface area contributed by atoms with E-state index in [0.717, 1.165) is 50.2 Å². The van der Waals surface area contributed by atoms with Gasteiger partial charge in [0, 0.05) is 24.2 Å². The number of phenols is 1. The van der Waals surface area contributed by atoms with Crippen LogP contribution in [0.25, 0.3) is 11.4 Å². The molecule has 3 N–H and O–H groups in total. The van der Waals surface area contributed by atoms with Crippen molar-refractivity contribution in [1.82, 2.24) is 14.8 Å². The Balaban J connectivity index is 1.72. The number of nitrogens with one attached hydrogen (secondary N) is 1. The number of carboxylic acid groups (broad SMARTS) is 1. The highest BCUT2D eigenvalue weighted by molar-refractivity contribution is 7.92. The summed E-state index contributed by atoms with van der Waals surface area (Å²) in [6.45, 7) is 2.23. The number of benzene rings is 2. The summed E-state index contributed by atoms with van der Waals surface area (Å²) in [7, 11) is -4.15. The number of halogens is 1. The molecule has 0 saturated heterocycles. The SMILES string of the molecule is Cc1cc(O)c(C(=O)O)cc1S(=O)(=O)Nc1ccc(Cl)c(-c2nnc3n2CCCCC3)c1. The second-order valence-corrected chi connectivity index (χ2v) is 9.70. The Labute approximate surface area is 189 Å². The topological polar surface area (TPSA) is 134 Å². The number of carboxylic acids is 1. The molecule has 0 aliphatic carbocycles. The fourth-order valence-electron chi connectivity index (χ4n) is 3.79. The molecule has 0 radical (unpaired) electrons. The second-order valence-electron chi connectivity index (χ2n) is 7.64. The summed E-state index contributed by atoms with van der Waals surface area (Å²) in [5, 5.41) is 28.0. The van der Waals surface area contributed by atoms with Crippen molar-refractivity contribution in [3.8, 4) is 17.1 Å². The highest BCUT2D eigenvalue weighted by Crippen LogP contribution is 2.33. The lowest BCUT2D eigenvalue weighted by Crippen LogP contribution is -2.15. The number of carbonyl (C=O) groups is 1. The zero-order valence-corrected chi connectivity index (χ0v) is 18.7. The van der Waals surface area contributed by atoms with Crippen LogP contribution in [0.4, 0.5) is 5.69 Å². The first-order chi connectivity index (χ1) is 15.2. The van der Waals surface area contributed by atoms with Gasteiger partial charge in [-0.3, -0.25) is 4.72 Å². The molecule has 2 heterocycles. The van der Waals surface area contributed by atoms with Crippen molar-refractivity contribution in [2.45, 2.75) is 44.0 Å². The molecule has 2 aromatic carbocycles. The first-order valence-corrected chi connectivity index (χ1v) is 11.8. The van der Waals surface area contributed by atoms with E-state index >= 15 is 0 Å². The number of sulfonamides is 1. The highest BCUT2D eigenvalue weighted by atomic mass is 35.5. The Hall–Kier alpha value is -3.11. The Morgan fingerprint density at radius 2 is 1.94 bits per heavy atom. The third-order valence-electron chi connectivity index (χ3n) is 5.38. The van der Waals surface area contributed by atoms with Crippen LogP contribution in [0.2, 0.25) is 5.02 Å². The summed E-state index contributed by atoms with van der Waals surface area (Å²) in [4.78, 5) is 11.1. The summed E-state index contributed by atoms with van der Waals surface area (Å²) in [5.74, 6) is -0.488. The van der Waals surface area contributed by atoms with Gasteiger partial charge in [-0.05, 0) is 55.7 Å². The van der Waals surface area contributed by atoms with Crippen LogP contribution in [0.5, 0.6) is 5.75 Å². The molecule has 0 fully saturated rings. The van der Waals surface area contributed by atoms with Gasteiger partial charge < -0.3 is 14.8 Å². The Morgan fingerprint density at radius 3 is 2.69 bits per heavy atom. The van der Waals surface area contributed by atoms with Crippen LogP contribution in [0.15, 0.2) is 35.2 Å². The number of anilines is 1. The largest absolute Gasteiger partial charge is 0.507 e. The Morgan fingerprint density at radius 1 is 1.16 bits per heavy atom. The summed E-state index contributed by atoms with van der Waals surface area (Å²) in [6, 6.07) is 6.70. The number of nitrogens with zero attached hydrogens (tertiary/aromatic N) is 3. The predicted octanol–water partition coefficient (Wildman–Crippen LogP) is 3.84. The molecule has 32 heavy (non-hydrogen) atoms. The molecule has 0 atom stereocenters. The molecule has 3 aromatic rings. The smallest absolute Gasteiger partial charge is 0.339 e. The van der Waals surface area contributed by atoms with Crippen molar-refractivity contribution in [3.63, 3.8) is 0 Å². The van der Waals surface area contributed by atoms with Crippen LogP contribution in [0.1, 0.15) is 41.0 Å². The first-order valence-electron chi connectivity index (χ1n) is 9.99. The lowest BCUT2D eigenvalue weighted by molar-refractivity contribution is 0.0693. The van der Waals surface area contributed by atoms with Gasteiger partial charge in [0.05, 0.1) is 9.92 Å². The molecule has 9 nitrogen and oxygen atoms in total. The minimum atomic E-state index is -4.15. The van der Waals surface area contributed by atoms with Crippen LogP contribution in [0, 0.1) is 6.92 Å². The maximum absolute atomic E-state index is 13.0. The van der Waals surface area contributed by atoms with E-state index in [0.29, 0.717) is 16.4 Å². The molecule has 1 aliphatic heterocycles. The number of aromatic nitrogens is 3. The van der Waals surface area contributed by atoms with Gasteiger partial charge in [0.25, 0.3) is 10.0 Å². The highest BCUT2D eigenvalue weighted by Gasteiger charge is 2.23. The molecule has 4 rings (SSSR count). The van der Waals surface area contributed by atoms with Gasteiger partial charge in [0.15, 0.2) is 5.82 Å². The second kappa shape index (κ2) is 8.44. The van der Waals surface area contributed by atoms with Crippen LogP contribution in [0.3, 0.4) is 0 Å². The monoisotopic (exact) mass is 476 g/mol. The summed E-state index contributed by atoms with van der Waals surface area (Å²) >= 11 is 6.41. The predicted molar refractivity (Wildman–Crippen MR) is 119 cm³/mol. The Bertz CT molecular complexity index is 1320. The Kier molecular flexibility index (Phi) is 5.83. The zero-order valence-electron chi connectivity index (χ0n) is 17.2. The van der Waals surface area contributed by atoms with Crippen LogP contribution in [-0.2, 0) is 23.0 Å². The van der Waals surface area contributed by atoms with E-state index in [-0.39, 0.29) is 16.1 Å². The van der Waals surface area contributed by atoms with Crippen molar-refractivity contribution in [2.24, 2.45) is 0 Å². The average Bonchev–Trinajstić information content (AvgIpc) is 2.96. The van der Waals surface area contributed by atoms with Gasteiger partial charge in [-0.2, -0.15) is 0 Å². The van der Waals surface area contributed by atoms with Gasteiger partial charge in [-0.1, -0.05) is 18.0 Å². The molecule has 0 bridgehead atoms. The molecule has 0 saturated carbocycles. The number of hydrogen-bond acceptors (Lipinski definition) is 6. The summed E-state index contributed by atoms with van der Waals surface area (Å²) < 4.78 is 30.5. The quantitative estimate of drug-likeness (QED) is 0.509. The zero-order chi connectivity index (χ0) is 23.0. The fourth-order valence-corrected chi connectivity index (χ4v) is 5.29. The van der Waals surface area contributed by atoms with E-state index in [4.69, 9.17) is 11.6 Å². The minimum absolute atomic E-state index is 0.206. The van der Waals surface area contributed by atoms with E-state index in [1.54, 1.807) is 12.1 Å². The van der Waals surface area contributed by atoms with Gasteiger partial charge >= 0.3 is 5.97 Å². The molecule has 11 heteroatoms. The van der Waals surface area contributed by atoms with E-state index < -0.39 is 27.3 Å². The number of hydrogen-bond donors (Lipinski definition) is 3. The minimum Gasteiger partial charge on any atom is -0.507 e. The maximum Gasteiger partial charge on any atom is 0.339 e. The third-order valence-corrected chi connectivity index (χ3v) is 7.24. The van der Waals surface area contributed by atoms with E-state index in [2.05, 4.69) is 14.9 Å². The molecule has 0 unspecified atom stereocenters. The number of aromatic hydroxyl groups is 1. The fraction of sp³-hybridized carbons (Fsp3) is 0.286. The molecule has 168 valence electrons. The summed E-state index contributed by atoms with van der Waals surface area (Å²) in [5.41, 5.74) is 0.483. The lowest BCUT2D eigenvalue weighted by atomic mass is 10.1. The lowest BCUT2D eigenvalue weighted by Gasteiger charge is -2.14. The van der Waals surface area contributed by atoms with E-state index in [9.17, 15) is 23.4 Å². The van der Waals surface area contributed by atoms with Crippen molar-refractivity contribution >= 4 is 33.3 Å². The van der Waals surface area contributed by atoms with Gasteiger partial charge in [-0.25, -0.2) is 13.2 Å². The molecule has 1 aliphatic rings. The average molecular weight is 477 g/mol. The molecular formula is C21H21ClN4O5S.